The Morgan fingerprint density at radius 2 is 1.75 bits per heavy atom. The van der Waals surface area contributed by atoms with E-state index in [4.69, 9.17) is 14.7 Å². The van der Waals surface area contributed by atoms with Gasteiger partial charge in [-0.2, -0.15) is 5.26 Å². The van der Waals surface area contributed by atoms with Crippen LogP contribution in [0.25, 0.3) is 5.76 Å². The Labute approximate surface area is 182 Å². The van der Waals surface area contributed by atoms with Crippen molar-refractivity contribution in [1.82, 2.24) is 4.98 Å². The number of hydrogen-bond donors (Lipinski definition) is 1. The monoisotopic (exact) mass is 425 g/mol. The average Bonchev–Trinajstić information content (AvgIpc) is 3.41. The van der Waals surface area contributed by atoms with Crippen molar-refractivity contribution in [3.63, 3.8) is 0 Å². The number of nitriles is 1. The highest BCUT2D eigenvalue weighted by molar-refractivity contribution is 6.51. The summed E-state index contributed by atoms with van der Waals surface area (Å²) in [6.07, 6.45) is 3.10. The molecule has 1 amide bonds. The van der Waals surface area contributed by atoms with E-state index < -0.39 is 17.7 Å². The molecule has 0 bridgehead atoms. The molecular weight excluding hydrogens is 410 g/mol. The third-order valence-electron chi connectivity index (χ3n) is 5.39. The number of ether oxygens (including phenoxy) is 2. The summed E-state index contributed by atoms with van der Waals surface area (Å²) in [6.45, 7) is 0.0691. The lowest BCUT2D eigenvalue weighted by Crippen LogP contribution is -2.29. The minimum absolute atomic E-state index is 0.0515. The van der Waals surface area contributed by atoms with Gasteiger partial charge in [-0.25, -0.2) is 0 Å². The largest absolute Gasteiger partial charge is 0.507 e. The van der Waals surface area contributed by atoms with Crippen LogP contribution in [0.5, 0.6) is 11.5 Å². The SMILES string of the molecule is N#Cc1ccc(N2C(=O)C(=O)/C(=C(\O)c3ccc4c(c3)OCO4)C2c2ccncc2)cc1. The molecule has 2 aromatic carbocycles. The second-order valence-electron chi connectivity index (χ2n) is 7.18. The molecule has 156 valence electrons. The van der Waals surface area contributed by atoms with Crippen LogP contribution in [0.4, 0.5) is 5.69 Å². The first-order chi connectivity index (χ1) is 15.6. The van der Waals surface area contributed by atoms with E-state index in [0.717, 1.165) is 0 Å². The molecule has 0 aliphatic carbocycles. The normalized spacial score (nSPS) is 18.6. The summed E-state index contributed by atoms with van der Waals surface area (Å²) in [4.78, 5) is 31.5. The molecule has 1 N–H and O–H groups in total. The Hall–Kier alpha value is -4.64. The van der Waals surface area contributed by atoms with Crippen molar-refractivity contribution >= 4 is 23.1 Å². The summed E-state index contributed by atoms with van der Waals surface area (Å²) in [5.74, 6) is -0.939. The summed E-state index contributed by atoms with van der Waals surface area (Å²) in [5.41, 5.74) is 1.73. The second-order valence-corrected chi connectivity index (χ2v) is 7.18. The maximum Gasteiger partial charge on any atom is 0.300 e. The van der Waals surface area contributed by atoms with Gasteiger partial charge in [0.15, 0.2) is 11.5 Å². The van der Waals surface area contributed by atoms with Crippen LogP contribution in [0, 0.1) is 11.3 Å². The van der Waals surface area contributed by atoms with E-state index in [-0.39, 0.29) is 18.1 Å². The van der Waals surface area contributed by atoms with Gasteiger partial charge >= 0.3 is 0 Å². The molecule has 0 saturated carbocycles. The second kappa shape index (κ2) is 7.56. The van der Waals surface area contributed by atoms with E-state index in [1.165, 1.54) is 4.90 Å². The smallest absolute Gasteiger partial charge is 0.300 e. The topological polar surface area (TPSA) is 113 Å². The summed E-state index contributed by atoms with van der Waals surface area (Å²) in [7, 11) is 0. The number of amides is 1. The standard InChI is InChI=1S/C24H15N3O5/c25-12-14-1-4-17(5-2-14)27-21(15-7-9-26-10-8-15)20(23(29)24(27)30)22(28)16-3-6-18-19(11-16)32-13-31-18/h1-11,21,28H,13H2/b22-20-. The predicted octanol–water partition coefficient (Wildman–Crippen LogP) is 3.31. The molecule has 1 aromatic heterocycles. The zero-order valence-corrected chi connectivity index (χ0v) is 16.6. The van der Waals surface area contributed by atoms with E-state index in [2.05, 4.69) is 4.98 Å². The number of hydrogen-bond acceptors (Lipinski definition) is 7. The highest BCUT2D eigenvalue weighted by atomic mass is 16.7. The van der Waals surface area contributed by atoms with Gasteiger partial charge in [0, 0.05) is 23.6 Å². The number of carbonyl (C=O) groups excluding carboxylic acids is 2. The fourth-order valence-corrected chi connectivity index (χ4v) is 3.86. The number of fused-ring (bicyclic) bond motifs is 1. The Balaban J connectivity index is 1.68. The number of anilines is 1. The van der Waals surface area contributed by atoms with Gasteiger partial charge in [-0.3, -0.25) is 19.5 Å². The van der Waals surface area contributed by atoms with Crippen molar-refractivity contribution in [2.24, 2.45) is 0 Å². The van der Waals surface area contributed by atoms with Crippen LogP contribution in [0.3, 0.4) is 0 Å². The number of Topliss-reactive ketones (excluding diaryl/α,β-unsaturated/α-hetero) is 1. The molecule has 32 heavy (non-hydrogen) atoms. The molecule has 3 heterocycles. The van der Waals surface area contributed by atoms with Crippen molar-refractivity contribution < 1.29 is 24.2 Å². The first kappa shape index (κ1) is 19.3. The first-order valence-corrected chi connectivity index (χ1v) is 9.69. The fraction of sp³-hybridized carbons (Fsp3) is 0.0833. The van der Waals surface area contributed by atoms with Crippen LogP contribution >= 0.6 is 0 Å². The molecular formula is C24H15N3O5. The predicted molar refractivity (Wildman–Crippen MR) is 113 cm³/mol. The number of carbonyl (C=O) groups is 2. The van der Waals surface area contributed by atoms with Crippen molar-refractivity contribution in [1.29, 1.82) is 5.26 Å². The van der Waals surface area contributed by atoms with Crippen molar-refractivity contribution in [3.8, 4) is 17.6 Å². The van der Waals surface area contributed by atoms with Crippen LogP contribution in [-0.4, -0.2) is 28.6 Å². The Kier molecular flexibility index (Phi) is 4.57. The highest BCUT2D eigenvalue weighted by Gasteiger charge is 2.47. The first-order valence-electron chi connectivity index (χ1n) is 9.69. The lowest BCUT2D eigenvalue weighted by Gasteiger charge is -2.25. The van der Waals surface area contributed by atoms with Crippen molar-refractivity contribution in [2.45, 2.75) is 6.04 Å². The summed E-state index contributed by atoms with van der Waals surface area (Å²) >= 11 is 0. The number of aliphatic hydroxyl groups excluding tert-OH is 1. The van der Waals surface area contributed by atoms with Gasteiger partial charge in [0.1, 0.15) is 5.76 Å². The van der Waals surface area contributed by atoms with Gasteiger partial charge in [-0.15, -0.1) is 0 Å². The maximum atomic E-state index is 13.1. The minimum Gasteiger partial charge on any atom is -0.507 e. The van der Waals surface area contributed by atoms with E-state index >= 15 is 0 Å². The molecule has 5 rings (SSSR count). The number of aromatic nitrogens is 1. The van der Waals surface area contributed by atoms with Crippen LogP contribution in [-0.2, 0) is 9.59 Å². The third kappa shape index (κ3) is 3.04. The fourth-order valence-electron chi connectivity index (χ4n) is 3.86. The zero-order chi connectivity index (χ0) is 22.2. The Morgan fingerprint density at radius 1 is 1.03 bits per heavy atom. The van der Waals surface area contributed by atoms with E-state index in [1.54, 1.807) is 67.0 Å². The zero-order valence-electron chi connectivity index (χ0n) is 16.6. The molecule has 1 unspecified atom stereocenters. The molecule has 8 heteroatoms. The van der Waals surface area contributed by atoms with E-state index in [9.17, 15) is 14.7 Å². The molecule has 1 atom stereocenters. The van der Waals surface area contributed by atoms with Crippen molar-refractivity contribution in [3.05, 3.63) is 89.3 Å². The van der Waals surface area contributed by atoms with Crippen molar-refractivity contribution in [2.75, 3.05) is 11.7 Å². The van der Waals surface area contributed by atoms with Crippen LogP contribution < -0.4 is 14.4 Å². The van der Waals surface area contributed by atoms with Gasteiger partial charge in [0.05, 0.1) is 23.2 Å². The van der Waals surface area contributed by atoms with E-state index in [1.807, 2.05) is 6.07 Å². The lowest BCUT2D eigenvalue weighted by atomic mass is 9.95. The molecule has 0 radical (unpaired) electrons. The molecule has 0 spiro atoms. The number of rotatable bonds is 3. The highest BCUT2D eigenvalue weighted by Crippen LogP contribution is 2.43. The van der Waals surface area contributed by atoms with Crippen LogP contribution in [0.15, 0.2) is 72.6 Å². The third-order valence-corrected chi connectivity index (χ3v) is 5.39. The number of nitrogens with zero attached hydrogens (tertiary/aromatic N) is 3. The molecule has 1 fully saturated rings. The Morgan fingerprint density at radius 3 is 2.47 bits per heavy atom. The number of aliphatic hydroxyl groups is 1. The van der Waals surface area contributed by atoms with Gasteiger partial charge in [0.25, 0.3) is 11.7 Å². The maximum absolute atomic E-state index is 13.1. The summed E-state index contributed by atoms with van der Waals surface area (Å²) in [5, 5.41) is 20.2. The van der Waals surface area contributed by atoms with Gasteiger partial charge < -0.3 is 14.6 Å². The quantitative estimate of drug-likeness (QED) is 0.389. The number of ketones is 1. The van der Waals surface area contributed by atoms with E-state index in [0.29, 0.717) is 33.9 Å². The van der Waals surface area contributed by atoms with Gasteiger partial charge in [-0.1, -0.05) is 0 Å². The number of benzene rings is 2. The lowest BCUT2D eigenvalue weighted by molar-refractivity contribution is -0.132. The van der Waals surface area contributed by atoms with Crippen LogP contribution in [0.2, 0.25) is 0 Å². The van der Waals surface area contributed by atoms with Crippen LogP contribution in [0.1, 0.15) is 22.7 Å². The van der Waals surface area contributed by atoms with Gasteiger partial charge in [-0.05, 0) is 60.2 Å². The summed E-state index contributed by atoms with van der Waals surface area (Å²) in [6, 6.07) is 15.6. The summed E-state index contributed by atoms with van der Waals surface area (Å²) < 4.78 is 10.7. The molecule has 3 aromatic rings. The molecule has 2 aliphatic heterocycles. The average molecular weight is 425 g/mol. The number of pyridine rings is 1. The Bertz CT molecular complexity index is 1310. The molecule has 1 saturated heterocycles. The molecule has 8 nitrogen and oxygen atoms in total. The van der Waals surface area contributed by atoms with Gasteiger partial charge in [0.2, 0.25) is 6.79 Å². The molecule has 2 aliphatic rings. The minimum atomic E-state index is -0.878.